The van der Waals surface area contributed by atoms with Crippen LogP contribution in [0.3, 0.4) is 0 Å². The van der Waals surface area contributed by atoms with Crippen LogP contribution in [0.5, 0.6) is 11.5 Å². The van der Waals surface area contributed by atoms with Gasteiger partial charge in [-0.05, 0) is 29.8 Å². The van der Waals surface area contributed by atoms with Crippen LogP contribution in [0.25, 0.3) is 16.8 Å². The van der Waals surface area contributed by atoms with Crippen LogP contribution < -0.4 is 10.3 Å². The highest BCUT2D eigenvalue weighted by Crippen LogP contribution is 2.35. The molecule has 0 fully saturated rings. The summed E-state index contributed by atoms with van der Waals surface area (Å²) in [5.74, 6) is -1.85. The Morgan fingerprint density at radius 2 is 1.84 bits per heavy atom. The second kappa shape index (κ2) is 8.19. The van der Waals surface area contributed by atoms with Crippen molar-refractivity contribution in [1.82, 2.24) is 14.0 Å². The molecule has 0 spiro atoms. The number of nitrogens with zero attached hydrogens (tertiary/aromatic N) is 3. The monoisotopic (exact) mass is 459 g/mol. The van der Waals surface area contributed by atoms with Crippen molar-refractivity contribution in [2.75, 3.05) is 5.75 Å². The Balaban J connectivity index is 1.93. The average molecular weight is 459 g/mol. The highest BCUT2D eigenvalue weighted by molar-refractivity contribution is 7.90. The molecule has 32 heavy (non-hydrogen) atoms. The van der Waals surface area contributed by atoms with E-state index in [0.29, 0.717) is 28.4 Å². The molecule has 2 aromatic carbocycles. The molecule has 166 valence electrons. The Morgan fingerprint density at radius 1 is 1.09 bits per heavy atom. The molecule has 0 N–H and O–H groups in total. The smallest absolute Gasteiger partial charge is 0.276 e. The van der Waals surface area contributed by atoms with Crippen molar-refractivity contribution >= 4 is 15.4 Å². The molecule has 0 saturated carbocycles. The van der Waals surface area contributed by atoms with Gasteiger partial charge in [-0.25, -0.2) is 22.2 Å². The number of benzene rings is 2. The van der Waals surface area contributed by atoms with E-state index in [-0.39, 0.29) is 28.6 Å². The zero-order valence-electron chi connectivity index (χ0n) is 17.2. The van der Waals surface area contributed by atoms with Crippen LogP contribution in [-0.2, 0) is 22.6 Å². The van der Waals surface area contributed by atoms with Crippen LogP contribution in [0.4, 0.5) is 8.78 Å². The van der Waals surface area contributed by atoms with Crippen molar-refractivity contribution in [3.05, 3.63) is 82.7 Å². The maximum Gasteiger partial charge on any atom is 0.276 e. The second-order valence-electron chi connectivity index (χ2n) is 7.26. The highest BCUT2D eigenvalue weighted by Gasteiger charge is 2.18. The third kappa shape index (κ3) is 4.13. The van der Waals surface area contributed by atoms with Gasteiger partial charge in [-0.15, -0.1) is 0 Å². The first-order valence-electron chi connectivity index (χ1n) is 9.67. The Morgan fingerprint density at radius 3 is 2.56 bits per heavy atom. The summed E-state index contributed by atoms with van der Waals surface area (Å²) in [6, 6.07) is 7.64. The summed E-state index contributed by atoms with van der Waals surface area (Å²) in [4.78, 5) is 16.5. The topological polar surface area (TPSA) is 82.7 Å². The third-order valence-electron chi connectivity index (χ3n) is 5.01. The molecular formula is C22H19F2N3O4S. The molecule has 0 aliphatic carbocycles. The minimum Gasteiger partial charge on any atom is -0.454 e. The molecule has 2 aromatic heterocycles. The number of ether oxygens (including phenoxy) is 1. The average Bonchev–Trinajstić information content (AvgIpc) is 3.24. The van der Waals surface area contributed by atoms with E-state index in [9.17, 15) is 22.0 Å². The molecule has 0 bridgehead atoms. The van der Waals surface area contributed by atoms with E-state index in [0.717, 1.165) is 12.1 Å². The van der Waals surface area contributed by atoms with Crippen molar-refractivity contribution in [1.29, 1.82) is 0 Å². The van der Waals surface area contributed by atoms with E-state index >= 15 is 0 Å². The van der Waals surface area contributed by atoms with Crippen molar-refractivity contribution in [3.63, 3.8) is 0 Å². The molecule has 0 unspecified atom stereocenters. The maximum atomic E-state index is 14.2. The fraction of sp³-hybridized carbons (Fsp3) is 0.182. The molecular weight excluding hydrogens is 440 g/mol. The summed E-state index contributed by atoms with van der Waals surface area (Å²) < 4.78 is 60.5. The second-order valence-corrected chi connectivity index (χ2v) is 9.62. The number of aromatic nitrogens is 3. The first-order valence-corrected chi connectivity index (χ1v) is 11.5. The summed E-state index contributed by atoms with van der Waals surface area (Å²) in [6.07, 6.45) is 4.42. The van der Waals surface area contributed by atoms with Gasteiger partial charge in [-0.2, -0.15) is 0 Å². The van der Waals surface area contributed by atoms with Crippen molar-refractivity contribution < 1.29 is 21.9 Å². The van der Waals surface area contributed by atoms with Gasteiger partial charge in [-0.3, -0.25) is 9.20 Å². The summed E-state index contributed by atoms with van der Waals surface area (Å²) in [5, 5.41) is 0. The molecule has 0 aliphatic rings. The van der Waals surface area contributed by atoms with Gasteiger partial charge >= 0.3 is 0 Å². The first-order chi connectivity index (χ1) is 15.2. The lowest BCUT2D eigenvalue weighted by Crippen LogP contribution is -2.19. The number of imidazole rings is 1. The summed E-state index contributed by atoms with van der Waals surface area (Å²) in [5.41, 5.74) is 1.42. The molecule has 2 heterocycles. The number of hydrogen-bond acceptors (Lipinski definition) is 5. The Bertz CT molecular complexity index is 1490. The van der Waals surface area contributed by atoms with E-state index in [1.807, 2.05) is 0 Å². The van der Waals surface area contributed by atoms with Crippen molar-refractivity contribution in [2.24, 2.45) is 7.05 Å². The Hall–Kier alpha value is -3.53. The number of rotatable bonds is 6. The molecule has 0 aliphatic heterocycles. The van der Waals surface area contributed by atoms with Crippen LogP contribution in [0.15, 0.2) is 59.9 Å². The number of fused-ring (bicyclic) bond motifs is 1. The standard InChI is InChI=1S/C22H19F2N3O4S/c1-3-32(29,30)12-14-4-6-20(31-21-7-5-15(23)9-17(21)24)16(8-14)19-11-26(2)22(28)18-10-25-13-27(18)19/h4-11,13H,3,12H2,1-2H3. The number of sulfone groups is 1. The Kier molecular flexibility index (Phi) is 5.55. The van der Waals surface area contributed by atoms with Gasteiger partial charge < -0.3 is 9.30 Å². The number of hydrogen-bond donors (Lipinski definition) is 0. The largest absolute Gasteiger partial charge is 0.454 e. The van der Waals surface area contributed by atoms with Crippen LogP contribution in [-0.4, -0.2) is 28.1 Å². The fourth-order valence-corrected chi connectivity index (χ4v) is 4.21. The molecule has 0 radical (unpaired) electrons. The molecule has 0 atom stereocenters. The predicted molar refractivity (Wildman–Crippen MR) is 115 cm³/mol. The summed E-state index contributed by atoms with van der Waals surface area (Å²) in [7, 11) is -1.74. The SMILES string of the molecule is CCS(=O)(=O)Cc1ccc(Oc2ccc(F)cc2F)c(-c2cn(C)c(=O)c3cncn23)c1. The lowest BCUT2D eigenvalue weighted by atomic mass is 10.1. The van der Waals surface area contributed by atoms with Gasteiger partial charge in [0.2, 0.25) is 0 Å². The van der Waals surface area contributed by atoms with E-state index < -0.39 is 21.5 Å². The van der Waals surface area contributed by atoms with Crippen LogP contribution in [0, 0.1) is 11.6 Å². The minimum absolute atomic E-state index is 0.0209. The van der Waals surface area contributed by atoms with Crippen molar-refractivity contribution in [2.45, 2.75) is 12.7 Å². The lowest BCUT2D eigenvalue weighted by molar-refractivity contribution is 0.438. The maximum absolute atomic E-state index is 14.2. The molecule has 0 amide bonds. The molecule has 4 aromatic rings. The minimum atomic E-state index is -3.32. The van der Waals surface area contributed by atoms with E-state index in [1.165, 1.54) is 23.2 Å². The van der Waals surface area contributed by atoms with Crippen molar-refractivity contribution in [3.8, 4) is 22.8 Å². The molecule has 0 saturated heterocycles. The normalized spacial score (nSPS) is 11.8. The van der Waals surface area contributed by atoms with Gasteiger partial charge in [0.15, 0.2) is 21.4 Å². The summed E-state index contributed by atoms with van der Waals surface area (Å²) >= 11 is 0. The molecule has 7 nitrogen and oxygen atoms in total. The van der Waals surface area contributed by atoms with Crippen LogP contribution in [0.1, 0.15) is 12.5 Å². The third-order valence-corrected chi connectivity index (χ3v) is 6.67. The van der Waals surface area contributed by atoms with Gasteiger partial charge in [0.25, 0.3) is 5.56 Å². The van der Waals surface area contributed by atoms with Gasteiger partial charge in [-0.1, -0.05) is 13.0 Å². The van der Waals surface area contributed by atoms with Gasteiger partial charge in [0.05, 0.1) is 24.0 Å². The van der Waals surface area contributed by atoms with Gasteiger partial charge in [0, 0.05) is 30.6 Å². The number of halogens is 2. The van der Waals surface area contributed by atoms with Crippen LogP contribution >= 0.6 is 0 Å². The van der Waals surface area contributed by atoms with Gasteiger partial charge in [0.1, 0.15) is 17.1 Å². The predicted octanol–water partition coefficient (Wildman–Crippen LogP) is 3.71. The van der Waals surface area contributed by atoms with Crippen LogP contribution in [0.2, 0.25) is 0 Å². The highest BCUT2D eigenvalue weighted by atomic mass is 32.2. The lowest BCUT2D eigenvalue weighted by Gasteiger charge is -2.16. The zero-order chi connectivity index (χ0) is 23.0. The van der Waals surface area contributed by atoms with E-state index in [2.05, 4.69) is 4.98 Å². The van der Waals surface area contributed by atoms with E-state index in [4.69, 9.17) is 4.74 Å². The Labute approximate surface area is 182 Å². The molecule has 10 heteroatoms. The first kappa shape index (κ1) is 21.7. The van der Waals surface area contributed by atoms with E-state index in [1.54, 1.807) is 36.7 Å². The molecule has 4 rings (SSSR count). The fourth-order valence-electron chi connectivity index (χ4n) is 3.32. The summed E-state index contributed by atoms with van der Waals surface area (Å²) in [6.45, 7) is 1.56. The number of aryl methyl sites for hydroxylation is 1. The zero-order valence-corrected chi connectivity index (χ0v) is 18.1. The quantitative estimate of drug-likeness (QED) is 0.439.